The lowest BCUT2D eigenvalue weighted by atomic mass is 9.89. The van der Waals surface area contributed by atoms with Crippen LogP contribution < -0.4 is 5.32 Å². The van der Waals surface area contributed by atoms with E-state index in [1.807, 2.05) is 0 Å². The van der Waals surface area contributed by atoms with Crippen LogP contribution in [0.1, 0.15) is 59.8 Å². The van der Waals surface area contributed by atoms with Gasteiger partial charge in [0.1, 0.15) is 0 Å². The lowest BCUT2D eigenvalue weighted by molar-refractivity contribution is -0.174. The van der Waals surface area contributed by atoms with Crippen LogP contribution in [0.3, 0.4) is 0 Å². The molecule has 20 heavy (non-hydrogen) atoms. The average molecular weight is 285 g/mol. The molecule has 0 saturated heterocycles. The van der Waals surface area contributed by atoms with Crippen LogP contribution >= 0.6 is 0 Å². The lowest BCUT2D eigenvalue weighted by Gasteiger charge is -2.23. The molecule has 1 fully saturated rings. The number of amides is 1. The zero-order chi connectivity index (χ0) is 15.2. The summed E-state index contributed by atoms with van der Waals surface area (Å²) in [4.78, 5) is 23.2. The molecule has 1 rings (SSSR count). The SMILES string of the molecule is CC(OC(=O)NCC1CCCCC1)OC(=O)C(C)(C)C. The predicted molar refractivity (Wildman–Crippen MR) is 76.1 cm³/mol. The Morgan fingerprint density at radius 2 is 1.75 bits per heavy atom. The second kappa shape index (κ2) is 7.50. The molecule has 5 heteroatoms. The first-order valence-corrected chi connectivity index (χ1v) is 7.44. The maximum atomic E-state index is 11.6. The summed E-state index contributed by atoms with van der Waals surface area (Å²) in [5.41, 5.74) is -0.601. The van der Waals surface area contributed by atoms with E-state index in [1.54, 1.807) is 27.7 Å². The van der Waals surface area contributed by atoms with Crippen LogP contribution in [-0.4, -0.2) is 24.9 Å². The molecular formula is C15H27NO4. The molecule has 1 N–H and O–H groups in total. The van der Waals surface area contributed by atoms with E-state index in [2.05, 4.69) is 5.32 Å². The molecule has 1 aliphatic rings. The Labute approximate surface area is 121 Å². The molecule has 0 aromatic carbocycles. The highest BCUT2D eigenvalue weighted by Crippen LogP contribution is 2.22. The number of ether oxygens (including phenoxy) is 2. The highest BCUT2D eigenvalue weighted by molar-refractivity contribution is 5.75. The van der Waals surface area contributed by atoms with Crippen molar-refractivity contribution in [2.45, 2.75) is 66.1 Å². The van der Waals surface area contributed by atoms with Crippen LogP contribution in [0, 0.1) is 11.3 Å². The van der Waals surface area contributed by atoms with Crippen molar-refractivity contribution >= 4 is 12.1 Å². The van der Waals surface area contributed by atoms with Gasteiger partial charge in [0, 0.05) is 13.5 Å². The Bertz CT molecular complexity index is 329. The largest absolute Gasteiger partial charge is 0.425 e. The normalized spacial score (nSPS) is 18.2. The number of nitrogens with one attached hydrogen (secondary N) is 1. The van der Waals surface area contributed by atoms with Gasteiger partial charge in [-0.25, -0.2) is 4.79 Å². The topological polar surface area (TPSA) is 64.6 Å². The van der Waals surface area contributed by atoms with Gasteiger partial charge in [-0.05, 0) is 39.5 Å². The van der Waals surface area contributed by atoms with E-state index >= 15 is 0 Å². The second-order valence-electron chi connectivity index (χ2n) is 6.51. The third-order valence-electron chi connectivity index (χ3n) is 3.42. The molecule has 1 unspecified atom stereocenters. The van der Waals surface area contributed by atoms with Gasteiger partial charge in [0.05, 0.1) is 5.41 Å². The van der Waals surface area contributed by atoms with Crippen LogP contribution in [0.4, 0.5) is 4.79 Å². The summed E-state index contributed by atoms with van der Waals surface area (Å²) in [6, 6.07) is 0. The van der Waals surface area contributed by atoms with E-state index in [-0.39, 0.29) is 5.97 Å². The fraction of sp³-hybridized carbons (Fsp3) is 0.867. The van der Waals surface area contributed by atoms with Crippen LogP contribution in [0.25, 0.3) is 0 Å². The minimum Gasteiger partial charge on any atom is -0.425 e. The van der Waals surface area contributed by atoms with Crippen molar-refractivity contribution in [3.63, 3.8) is 0 Å². The molecule has 5 nitrogen and oxygen atoms in total. The van der Waals surface area contributed by atoms with Crippen LogP contribution in [0.15, 0.2) is 0 Å². The van der Waals surface area contributed by atoms with Crippen molar-refractivity contribution in [2.75, 3.05) is 6.54 Å². The third kappa shape index (κ3) is 6.26. The quantitative estimate of drug-likeness (QED) is 0.636. The summed E-state index contributed by atoms with van der Waals surface area (Å²) in [6.45, 7) is 7.45. The summed E-state index contributed by atoms with van der Waals surface area (Å²) in [5.74, 6) is 0.161. The fourth-order valence-electron chi connectivity index (χ4n) is 2.16. The second-order valence-corrected chi connectivity index (χ2v) is 6.51. The Morgan fingerprint density at radius 3 is 2.30 bits per heavy atom. The van der Waals surface area contributed by atoms with Gasteiger partial charge in [-0.15, -0.1) is 0 Å². The molecule has 0 spiro atoms. The molecule has 0 aromatic heterocycles. The molecular weight excluding hydrogens is 258 g/mol. The number of hydrogen-bond acceptors (Lipinski definition) is 4. The van der Waals surface area contributed by atoms with Crippen molar-refractivity contribution in [1.29, 1.82) is 0 Å². The van der Waals surface area contributed by atoms with Crippen molar-refractivity contribution in [3.8, 4) is 0 Å². The summed E-state index contributed by atoms with van der Waals surface area (Å²) < 4.78 is 10.1. The van der Waals surface area contributed by atoms with Crippen LogP contribution in [0.2, 0.25) is 0 Å². The number of rotatable bonds is 4. The zero-order valence-corrected chi connectivity index (χ0v) is 13.0. The molecule has 116 valence electrons. The fourth-order valence-corrected chi connectivity index (χ4v) is 2.16. The Morgan fingerprint density at radius 1 is 1.15 bits per heavy atom. The molecule has 0 heterocycles. The summed E-state index contributed by atoms with van der Waals surface area (Å²) in [6.07, 6.45) is 4.70. The maximum absolute atomic E-state index is 11.6. The maximum Gasteiger partial charge on any atom is 0.410 e. The predicted octanol–water partition coefficient (Wildman–Crippen LogP) is 3.23. The molecule has 1 saturated carbocycles. The number of carbonyl (C=O) groups excluding carboxylic acids is 2. The molecule has 0 bridgehead atoms. The van der Waals surface area contributed by atoms with Gasteiger partial charge in [-0.3, -0.25) is 4.79 Å². The van der Waals surface area contributed by atoms with E-state index in [0.29, 0.717) is 12.5 Å². The van der Waals surface area contributed by atoms with Gasteiger partial charge in [0.2, 0.25) is 6.29 Å². The van der Waals surface area contributed by atoms with Crippen molar-refractivity contribution < 1.29 is 19.1 Å². The van der Waals surface area contributed by atoms with Crippen LogP contribution in [-0.2, 0) is 14.3 Å². The van der Waals surface area contributed by atoms with Gasteiger partial charge >= 0.3 is 12.1 Å². The van der Waals surface area contributed by atoms with E-state index in [1.165, 1.54) is 19.3 Å². The number of esters is 1. The molecule has 0 aromatic rings. The zero-order valence-electron chi connectivity index (χ0n) is 13.0. The lowest BCUT2D eigenvalue weighted by Crippen LogP contribution is -2.35. The van der Waals surface area contributed by atoms with E-state index in [4.69, 9.17) is 9.47 Å². The molecule has 1 aliphatic carbocycles. The highest BCUT2D eigenvalue weighted by Gasteiger charge is 2.26. The Kier molecular flexibility index (Phi) is 6.30. The van der Waals surface area contributed by atoms with E-state index < -0.39 is 17.8 Å². The summed E-state index contributed by atoms with van der Waals surface area (Å²) in [7, 11) is 0. The number of alkyl carbamates (subject to hydrolysis) is 1. The highest BCUT2D eigenvalue weighted by atomic mass is 16.7. The summed E-state index contributed by atoms with van der Waals surface area (Å²) in [5, 5.41) is 2.74. The van der Waals surface area contributed by atoms with E-state index in [9.17, 15) is 9.59 Å². The molecule has 0 radical (unpaired) electrons. The van der Waals surface area contributed by atoms with Gasteiger partial charge in [0.25, 0.3) is 0 Å². The van der Waals surface area contributed by atoms with Crippen molar-refractivity contribution in [1.82, 2.24) is 5.32 Å². The average Bonchev–Trinajstić information content (AvgIpc) is 2.36. The first kappa shape index (κ1) is 16.8. The monoisotopic (exact) mass is 285 g/mol. The van der Waals surface area contributed by atoms with Gasteiger partial charge in [-0.1, -0.05) is 19.3 Å². The third-order valence-corrected chi connectivity index (χ3v) is 3.42. The van der Waals surface area contributed by atoms with Crippen LogP contribution in [0.5, 0.6) is 0 Å². The van der Waals surface area contributed by atoms with Gasteiger partial charge in [-0.2, -0.15) is 0 Å². The Hall–Kier alpha value is -1.26. The van der Waals surface area contributed by atoms with Crippen molar-refractivity contribution in [2.24, 2.45) is 11.3 Å². The molecule has 1 atom stereocenters. The molecule has 0 aliphatic heterocycles. The number of carbonyl (C=O) groups is 2. The summed E-state index contributed by atoms with van der Waals surface area (Å²) >= 11 is 0. The standard InChI is InChI=1S/C15H27NO4/c1-11(19-13(17)15(2,3)4)20-14(18)16-10-12-8-6-5-7-9-12/h11-12H,5-10H2,1-4H3,(H,16,18). The first-order chi connectivity index (χ1) is 9.29. The first-order valence-electron chi connectivity index (χ1n) is 7.44. The van der Waals surface area contributed by atoms with Gasteiger partial charge < -0.3 is 14.8 Å². The molecule has 1 amide bonds. The smallest absolute Gasteiger partial charge is 0.410 e. The van der Waals surface area contributed by atoms with Crippen molar-refractivity contribution in [3.05, 3.63) is 0 Å². The van der Waals surface area contributed by atoms with E-state index in [0.717, 1.165) is 12.8 Å². The number of hydrogen-bond donors (Lipinski definition) is 1. The van der Waals surface area contributed by atoms with Gasteiger partial charge in [0.15, 0.2) is 0 Å². The Balaban J connectivity index is 2.22. The minimum absolute atomic E-state index is 0.384. The minimum atomic E-state index is -0.868.